The number of hydrogen-bond acceptors (Lipinski definition) is 4. The molecule has 2 aromatic rings. The molecular formula is C27H36N4O2. The number of carbonyl (C=O) groups is 2. The van der Waals surface area contributed by atoms with Crippen LogP contribution in [0.5, 0.6) is 0 Å². The molecule has 2 aliphatic rings. The molecule has 2 N–H and O–H groups in total. The van der Waals surface area contributed by atoms with E-state index in [1.165, 1.54) is 31.2 Å². The molecule has 1 aliphatic carbocycles. The number of likely N-dealkylation sites (tertiary alicyclic amines) is 1. The van der Waals surface area contributed by atoms with E-state index in [0.717, 1.165) is 24.3 Å². The highest BCUT2D eigenvalue weighted by molar-refractivity contribution is 6.01. The predicted octanol–water partition coefficient (Wildman–Crippen LogP) is 3.32. The second kappa shape index (κ2) is 10.4. The van der Waals surface area contributed by atoms with Crippen LogP contribution in [0.4, 0.5) is 5.69 Å². The molecule has 1 saturated carbocycles. The van der Waals surface area contributed by atoms with Crippen molar-refractivity contribution >= 4 is 17.5 Å². The maximum absolute atomic E-state index is 12.7. The average Bonchev–Trinajstić information content (AvgIpc) is 2.80. The van der Waals surface area contributed by atoms with E-state index >= 15 is 0 Å². The number of aryl methyl sites for hydroxylation is 1. The van der Waals surface area contributed by atoms with E-state index in [1.54, 1.807) is 0 Å². The molecule has 0 spiro atoms. The second-order valence-electron chi connectivity index (χ2n) is 9.73. The van der Waals surface area contributed by atoms with E-state index in [9.17, 15) is 9.59 Å². The molecule has 2 amide bonds. The molecule has 1 saturated heterocycles. The molecule has 2 aromatic carbocycles. The van der Waals surface area contributed by atoms with Crippen molar-refractivity contribution in [1.82, 2.24) is 15.5 Å². The van der Waals surface area contributed by atoms with Gasteiger partial charge in [0.1, 0.15) is 0 Å². The van der Waals surface area contributed by atoms with Crippen molar-refractivity contribution in [3.63, 3.8) is 0 Å². The maximum atomic E-state index is 12.7. The number of anilines is 1. The van der Waals surface area contributed by atoms with Gasteiger partial charge in [0.25, 0.3) is 5.91 Å². The number of nitrogens with one attached hydrogen (secondary N) is 2. The molecule has 176 valence electrons. The first kappa shape index (κ1) is 23.3. The Bertz CT molecular complexity index is 961. The third-order valence-electron chi connectivity index (χ3n) is 7.05. The van der Waals surface area contributed by atoms with Crippen LogP contribution in [0, 0.1) is 6.92 Å². The van der Waals surface area contributed by atoms with Crippen LogP contribution < -0.4 is 15.5 Å². The molecule has 1 aliphatic heterocycles. The number of amides is 2. The molecule has 6 nitrogen and oxygen atoms in total. The Hall–Kier alpha value is -2.86. The van der Waals surface area contributed by atoms with E-state index in [2.05, 4.69) is 45.9 Å². The Morgan fingerprint density at radius 1 is 1.00 bits per heavy atom. The number of rotatable bonds is 7. The minimum absolute atomic E-state index is 0.00166. The van der Waals surface area contributed by atoms with Crippen molar-refractivity contribution in [2.45, 2.75) is 50.6 Å². The van der Waals surface area contributed by atoms with Crippen molar-refractivity contribution in [2.24, 2.45) is 0 Å². The lowest BCUT2D eigenvalue weighted by Gasteiger charge is -2.46. The van der Waals surface area contributed by atoms with E-state index in [1.807, 2.05) is 44.1 Å². The third kappa shape index (κ3) is 5.74. The quantitative estimate of drug-likeness (QED) is 0.682. The zero-order chi connectivity index (χ0) is 23.4. The summed E-state index contributed by atoms with van der Waals surface area (Å²) in [5.74, 6) is 0.340. The first-order valence-corrected chi connectivity index (χ1v) is 12.0. The van der Waals surface area contributed by atoms with Crippen LogP contribution in [0.3, 0.4) is 0 Å². The summed E-state index contributed by atoms with van der Waals surface area (Å²) in [6.07, 6.45) is 4.92. The van der Waals surface area contributed by atoms with E-state index in [4.69, 9.17) is 0 Å². The zero-order valence-corrected chi connectivity index (χ0v) is 20.0. The molecule has 6 heteroatoms. The third-order valence-corrected chi connectivity index (χ3v) is 7.05. The van der Waals surface area contributed by atoms with Gasteiger partial charge in [-0.2, -0.15) is 0 Å². The molecule has 33 heavy (non-hydrogen) atoms. The summed E-state index contributed by atoms with van der Waals surface area (Å²) < 4.78 is 0. The molecule has 0 atom stereocenters. The van der Waals surface area contributed by atoms with Crippen LogP contribution in [0.15, 0.2) is 48.5 Å². The Balaban J connectivity index is 1.17. The molecular weight excluding hydrogens is 412 g/mol. The van der Waals surface area contributed by atoms with Crippen molar-refractivity contribution in [3.05, 3.63) is 65.2 Å². The van der Waals surface area contributed by atoms with Crippen molar-refractivity contribution in [2.75, 3.05) is 38.6 Å². The Kier molecular flexibility index (Phi) is 7.33. The summed E-state index contributed by atoms with van der Waals surface area (Å²) in [5, 5.41) is 5.85. The van der Waals surface area contributed by atoms with Crippen LogP contribution in [0.1, 0.15) is 53.1 Å². The van der Waals surface area contributed by atoms with Gasteiger partial charge in [0.2, 0.25) is 5.91 Å². The highest BCUT2D eigenvalue weighted by Crippen LogP contribution is 2.35. The fraction of sp³-hybridized carbons (Fsp3) is 0.481. The number of benzene rings is 2. The Morgan fingerprint density at radius 3 is 2.36 bits per heavy atom. The van der Waals surface area contributed by atoms with Gasteiger partial charge in [-0.3, -0.25) is 14.5 Å². The largest absolute Gasteiger partial charge is 0.377 e. The first-order valence-electron chi connectivity index (χ1n) is 12.0. The summed E-state index contributed by atoms with van der Waals surface area (Å²) in [4.78, 5) is 29.5. The minimum Gasteiger partial charge on any atom is -0.377 e. The average molecular weight is 449 g/mol. The highest BCUT2D eigenvalue weighted by atomic mass is 16.2. The van der Waals surface area contributed by atoms with Gasteiger partial charge in [-0.25, -0.2) is 0 Å². The zero-order valence-electron chi connectivity index (χ0n) is 20.0. The van der Waals surface area contributed by atoms with Gasteiger partial charge < -0.3 is 15.5 Å². The van der Waals surface area contributed by atoms with Crippen molar-refractivity contribution in [1.29, 1.82) is 0 Å². The van der Waals surface area contributed by atoms with Gasteiger partial charge in [-0.1, -0.05) is 42.0 Å². The van der Waals surface area contributed by atoms with E-state index in [-0.39, 0.29) is 24.4 Å². The van der Waals surface area contributed by atoms with Crippen LogP contribution in [0.25, 0.3) is 0 Å². The maximum Gasteiger partial charge on any atom is 0.253 e. The lowest BCUT2D eigenvalue weighted by Crippen LogP contribution is -2.63. The van der Waals surface area contributed by atoms with Crippen LogP contribution in [0.2, 0.25) is 0 Å². The highest BCUT2D eigenvalue weighted by Gasteiger charge is 2.35. The fourth-order valence-electron chi connectivity index (χ4n) is 5.16. The Labute approximate surface area is 197 Å². The second-order valence-corrected chi connectivity index (χ2v) is 9.73. The van der Waals surface area contributed by atoms with Gasteiger partial charge in [0, 0.05) is 38.9 Å². The first-order chi connectivity index (χ1) is 15.9. The number of nitrogens with zero attached hydrogens (tertiary/aromatic N) is 2. The van der Waals surface area contributed by atoms with Gasteiger partial charge in [-0.15, -0.1) is 0 Å². The van der Waals surface area contributed by atoms with Crippen molar-refractivity contribution < 1.29 is 9.59 Å². The topological polar surface area (TPSA) is 64.7 Å². The molecule has 2 fully saturated rings. The summed E-state index contributed by atoms with van der Waals surface area (Å²) in [6, 6.07) is 17.4. The van der Waals surface area contributed by atoms with Gasteiger partial charge in [0.05, 0.1) is 18.2 Å². The molecule has 4 rings (SSSR count). The monoisotopic (exact) mass is 448 g/mol. The lowest BCUT2D eigenvalue weighted by atomic mass is 9.80. The summed E-state index contributed by atoms with van der Waals surface area (Å²) in [6.45, 7) is 3.77. The molecule has 1 heterocycles. The normalized spacial score (nSPS) is 21.2. The summed E-state index contributed by atoms with van der Waals surface area (Å²) >= 11 is 0. The minimum atomic E-state index is -0.219. The SMILES string of the molecule is Cc1ccc(N(C)C)c(C(=O)NCC(=O)NC2CN(C3CCC(c4ccccc4)CC3)C2)c1. The van der Waals surface area contributed by atoms with E-state index < -0.39 is 0 Å². The predicted molar refractivity (Wildman–Crippen MR) is 133 cm³/mol. The summed E-state index contributed by atoms with van der Waals surface area (Å²) in [7, 11) is 3.81. The van der Waals surface area contributed by atoms with Crippen LogP contribution in [-0.2, 0) is 4.79 Å². The molecule has 0 unspecified atom stereocenters. The fourth-order valence-corrected chi connectivity index (χ4v) is 5.16. The van der Waals surface area contributed by atoms with Crippen LogP contribution in [-0.4, -0.2) is 62.5 Å². The van der Waals surface area contributed by atoms with E-state index in [0.29, 0.717) is 17.5 Å². The Morgan fingerprint density at radius 2 is 1.70 bits per heavy atom. The standard InChI is InChI=1S/C27H36N4O2/c1-19-9-14-25(30(2)3)24(15-19)27(33)28-16-26(32)29-22-17-31(18-22)23-12-10-21(11-13-23)20-7-5-4-6-8-20/h4-9,14-15,21-23H,10-13,16-18H2,1-3H3,(H,28,33)(H,29,32). The molecule has 0 bridgehead atoms. The van der Waals surface area contributed by atoms with Gasteiger partial charge >= 0.3 is 0 Å². The smallest absolute Gasteiger partial charge is 0.253 e. The van der Waals surface area contributed by atoms with Crippen molar-refractivity contribution in [3.8, 4) is 0 Å². The lowest BCUT2D eigenvalue weighted by molar-refractivity contribution is -0.122. The summed E-state index contributed by atoms with van der Waals surface area (Å²) in [5.41, 5.74) is 3.92. The van der Waals surface area contributed by atoms with Gasteiger partial charge in [-0.05, 0) is 56.2 Å². The van der Waals surface area contributed by atoms with Gasteiger partial charge in [0.15, 0.2) is 0 Å². The molecule has 0 radical (unpaired) electrons. The molecule has 0 aromatic heterocycles. The number of carbonyl (C=O) groups excluding carboxylic acids is 2. The number of hydrogen-bond donors (Lipinski definition) is 2. The van der Waals surface area contributed by atoms with Crippen LogP contribution >= 0.6 is 0 Å².